The van der Waals surface area contributed by atoms with Crippen molar-refractivity contribution in [3.8, 4) is 0 Å². The molecule has 104 valence electrons. The van der Waals surface area contributed by atoms with E-state index >= 15 is 0 Å². The summed E-state index contributed by atoms with van der Waals surface area (Å²) in [6.07, 6.45) is 7.84. The fourth-order valence-corrected chi connectivity index (χ4v) is 3.26. The lowest BCUT2D eigenvalue weighted by Gasteiger charge is -2.27. The van der Waals surface area contributed by atoms with Gasteiger partial charge in [-0.2, -0.15) is 0 Å². The van der Waals surface area contributed by atoms with Crippen molar-refractivity contribution < 1.29 is 4.79 Å². The highest BCUT2D eigenvalue weighted by molar-refractivity contribution is 6.30. The minimum atomic E-state index is 0.295. The maximum absolute atomic E-state index is 12.3. The zero-order valence-corrected chi connectivity index (χ0v) is 12.5. The second-order valence-electron chi connectivity index (χ2n) is 5.78. The van der Waals surface area contributed by atoms with E-state index in [1.165, 1.54) is 25.7 Å². The third-order valence-corrected chi connectivity index (χ3v) is 4.54. The van der Waals surface area contributed by atoms with Gasteiger partial charge in [-0.15, -0.1) is 0 Å². The second-order valence-corrected chi connectivity index (χ2v) is 6.21. The molecule has 19 heavy (non-hydrogen) atoms. The Bertz CT molecular complexity index is 402. The fourth-order valence-electron chi connectivity index (χ4n) is 3.13. The van der Waals surface area contributed by atoms with Crippen LogP contribution in [0.2, 0.25) is 5.02 Å². The summed E-state index contributed by atoms with van der Waals surface area (Å²) in [7, 11) is 0. The van der Waals surface area contributed by atoms with Gasteiger partial charge in [-0.3, -0.25) is 4.79 Å². The molecule has 0 spiro atoms. The SMILES string of the molecule is CCCC1CCC(C(=O)Cc2ccc(Cl)cc2)CC1. The summed E-state index contributed by atoms with van der Waals surface area (Å²) in [5, 5.41) is 0.733. The number of hydrogen-bond donors (Lipinski definition) is 0. The quantitative estimate of drug-likeness (QED) is 0.736. The van der Waals surface area contributed by atoms with Crippen LogP contribution in [0.15, 0.2) is 24.3 Å². The van der Waals surface area contributed by atoms with Crippen LogP contribution in [0.1, 0.15) is 51.0 Å². The highest BCUT2D eigenvalue weighted by atomic mass is 35.5. The van der Waals surface area contributed by atoms with Gasteiger partial charge in [0.2, 0.25) is 0 Å². The Balaban J connectivity index is 1.83. The summed E-state index contributed by atoms with van der Waals surface area (Å²) in [6.45, 7) is 2.25. The summed E-state index contributed by atoms with van der Waals surface area (Å²) in [6, 6.07) is 7.65. The zero-order chi connectivity index (χ0) is 13.7. The first kappa shape index (κ1) is 14.6. The molecule has 0 heterocycles. The van der Waals surface area contributed by atoms with Crippen LogP contribution in [0.5, 0.6) is 0 Å². The number of ketones is 1. The third kappa shape index (κ3) is 4.35. The number of benzene rings is 1. The minimum absolute atomic E-state index is 0.295. The molecule has 0 amide bonds. The molecule has 0 aliphatic heterocycles. The maximum Gasteiger partial charge on any atom is 0.140 e. The van der Waals surface area contributed by atoms with Crippen molar-refractivity contribution in [3.63, 3.8) is 0 Å². The summed E-state index contributed by atoms with van der Waals surface area (Å²) >= 11 is 5.86. The molecular weight excluding hydrogens is 256 g/mol. The molecule has 0 aromatic heterocycles. The number of Topliss-reactive ketones (excluding diaryl/α,β-unsaturated/α-hetero) is 1. The third-order valence-electron chi connectivity index (χ3n) is 4.29. The molecule has 1 fully saturated rings. The topological polar surface area (TPSA) is 17.1 Å². The Morgan fingerprint density at radius 1 is 1.16 bits per heavy atom. The van der Waals surface area contributed by atoms with Crippen LogP contribution in [0, 0.1) is 11.8 Å². The van der Waals surface area contributed by atoms with E-state index in [2.05, 4.69) is 6.92 Å². The van der Waals surface area contributed by atoms with Gasteiger partial charge in [0.05, 0.1) is 0 Å². The van der Waals surface area contributed by atoms with Gasteiger partial charge < -0.3 is 0 Å². The van der Waals surface area contributed by atoms with Crippen LogP contribution in [-0.4, -0.2) is 5.78 Å². The molecule has 0 radical (unpaired) electrons. The first-order chi connectivity index (χ1) is 9.19. The number of carbonyl (C=O) groups excluding carboxylic acids is 1. The van der Waals surface area contributed by atoms with Crippen LogP contribution in [-0.2, 0) is 11.2 Å². The van der Waals surface area contributed by atoms with E-state index in [1.54, 1.807) is 0 Å². The number of hydrogen-bond acceptors (Lipinski definition) is 1. The molecule has 0 bridgehead atoms. The molecule has 2 rings (SSSR count). The van der Waals surface area contributed by atoms with Gasteiger partial charge in [0.15, 0.2) is 0 Å². The fraction of sp³-hybridized carbons (Fsp3) is 0.588. The van der Waals surface area contributed by atoms with Crippen LogP contribution < -0.4 is 0 Å². The zero-order valence-electron chi connectivity index (χ0n) is 11.7. The second kappa shape index (κ2) is 7.09. The van der Waals surface area contributed by atoms with Gasteiger partial charge in [-0.1, -0.05) is 43.5 Å². The average Bonchev–Trinajstić information content (AvgIpc) is 2.42. The lowest BCUT2D eigenvalue weighted by Crippen LogP contribution is -2.23. The van der Waals surface area contributed by atoms with Crippen molar-refractivity contribution in [2.24, 2.45) is 11.8 Å². The standard InChI is InChI=1S/C17H23ClO/c1-2-3-13-4-8-15(9-5-13)17(19)12-14-6-10-16(18)11-7-14/h6-7,10-11,13,15H,2-5,8-9,12H2,1H3. The van der Waals surface area contributed by atoms with Crippen LogP contribution >= 0.6 is 11.6 Å². The largest absolute Gasteiger partial charge is 0.299 e. The van der Waals surface area contributed by atoms with Gasteiger partial charge >= 0.3 is 0 Å². The number of rotatable bonds is 5. The van der Waals surface area contributed by atoms with Gasteiger partial charge in [0, 0.05) is 17.4 Å². The predicted octanol–water partition coefficient (Wildman–Crippen LogP) is 5.06. The van der Waals surface area contributed by atoms with Crippen molar-refractivity contribution in [1.29, 1.82) is 0 Å². The molecule has 1 aliphatic rings. The predicted molar refractivity (Wildman–Crippen MR) is 80.5 cm³/mol. The van der Waals surface area contributed by atoms with E-state index in [0.717, 1.165) is 29.3 Å². The first-order valence-corrected chi connectivity index (χ1v) is 7.84. The van der Waals surface area contributed by atoms with Gasteiger partial charge in [-0.05, 0) is 49.3 Å². The Labute approximate surface area is 121 Å². The lowest BCUT2D eigenvalue weighted by molar-refractivity contribution is -0.123. The normalized spacial score (nSPS) is 23.3. The van der Waals surface area contributed by atoms with Crippen molar-refractivity contribution >= 4 is 17.4 Å². The average molecular weight is 279 g/mol. The molecule has 1 saturated carbocycles. The summed E-state index contributed by atoms with van der Waals surface area (Å²) in [5.41, 5.74) is 1.09. The Morgan fingerprint density at radius 2 is 1.79 bits per heavy atom. The monoisotopic (exact) mass is 278 g/mol. The highest BCUT2D eigenvalue weighted by Crippen LogP contribution is 2.32. The van der Waals surface area contributed by atoms with E-state index < -0.39 is 0 Å². The van der Waals surface area contributed by atoms with E-state index in [9.17, 15) is 4.79 Å². The molecular formula is C17H23ClO. The first-order valence-electron chi connectivity index (χ1n) is 7.46. The number of carbonyl (C=O) groups is 1. The van der Waals surface area contributed by atoms with Gasteiger partial charge in [0.1, 0.15) is 5.78 Å². The molecule has 1 aromatic rings. The van der Waals surface area contributed by atoms with E-state index in [1.807, 2.05) is 24.3 Å². The Morgan fingerprint density at radius 3 is 2.37 bits per heavy atom. The van der Waals surface area contributed by atoms with Crippen molar-refractivity contribution in [1.82, 2.24) is 0 Å². The van der Waals surface area contributed by atoms with Gasteiger partial charge in [0.25, 0.3) is 0 Å². The molecule has 1 nitrogen and oxygen atoms in total. The molecule has 1 aliphatic carbocycles. The minimum Gasteiger partial charge on any atom is -0.299 e. The molecule has 1 aromatic carbocycles. The van der Waals surface area contributed by atoms with Crippen LogP contribution in [0.4, 0.5) is 0 Å². The molecule has 0 unspecified atom stereocenters. The van der Waals surface area contributed by atoms with Crippen LogP contribution in [0.25, 0.3) is 0 Å². The number of halogens is 1. The van der Waals surface area contributed by atoms with E-state index in [0.29, 0.717) is 18.1 Å². The maximum atomic E-state index is 12.3. The smallest absolute Gasteiger partial charge is 0.140 e. The highest BCUT2D eigenvalue weighted by Gasteiger charge is 2.25. The Kier molecular flexibility index (Phi) is 5.45. The van der Waals surface area contributed by atoms with Crippen LogP contribution in [0.3, 0.4) is 0 Å². The van der Waals surface area contributed by atoms with E-state index in [-0.39, 0.29) is 0 Å². The van der Waals surface area contributed by atoms with Crippen molar-refractivity contribution in [3.05, 3.63) is 34.9 Å². The molecule has 2 heteroatoms. The summed E-state index contributed by atoms with van der Waals surface area (Å²) in [5.74, 6) is 1.57. The van der Waals surface area contributed by atoms with Gasteiger partial charge in [-0.25, -0.2) is 0 Å². The Hall–Kier alpha value is -0.820. The summed E-state index contributed by atoms with van der Waals surface area (Å²) in [4.78, 5) is 12.3. The lowest BCUT2D eigenvalue weighted by atomic mass is 9.77. The summed E-state index contributed by atoms with van der Waals surface area (Å²) < 4.78 is 0. The molecule has 0 N–H and O–H groups in total. The van der Waals surface area contributed by atoms with Crippen molar-refractivity contribution in [2.75, 3.05) is 0 Å². The van der Waals surface area contributed by atoms with Crippen molar-refractivity contribution in [2.45, 2.75) is 51.9 Å². The molecule has 0 saturated heterocycles. The molecule has 0 atom stereocenters. The van der Waals surface area contributed by atoms with E-state index in [4.69, 9.17) is 11.6 Å².